The monoisotopic (exact) mass is 333 g/mol. The third kappa shape index (κ3) is 4.52. The molecule has 0 aromatic carbocycles. The molecule has 2 rings (SSSR count). The molecule has 1 amide bonds. The van der Waals surface area contributed by atoms with Crippen molar-refractivity contribution in [2.24, 2.45) is 12.0 Å². The Morgan fingerprint density at radius 1 is 1.50 bits per heavy atom. The fraction of sp³-hybridized carbons (Fsp3) is 0.667. The highest BCUT2D eigenvalue weighted by Crippen LogP contribution is 2.17. The SMILES string of the molecule is CCC(CCNC(=NC)N(C)Cc1cccn1C)N1CCCC1=O. The molecule has 6 heteroatoms. The van der Waals surface area contributed by atoms with E-state index in [1.165, 1.54) is 5.69 Å². The Morgan fingerprint density at radius 2 is 2.29 bits per heavy atom. The van der Waals surface area contributed by atoms with Crippen LogP contribution in [0.3, 0.4) is 0 Å². The van der Waals surface area contributed by atoms with E-state index >= 15 is 0 Å². The average molecular weight is 333 g/mol. The van der Waals surface area contributed by atoms with Gasteiger partial charge in [0.25, 0.3) is 0 Å². The van der Waals surface area contributed by atoms with Crippen molar-refractivity contribution in [3.63, 3.8) is 0 Å². The van der Waals surface area contributed by atoms with Crippen LogP contribution < -0.4 is 5.32 Å². The van der Waals surface area contributed by atoms with Crippen molar-refractivity contribution in [2.75, 3.05) is 27.2 Å². The van der Waals surface area contributed by atoms with E-state index in [2.05, 4.69) is 57.0 Å². The van der Waals surface area contributed by atoms with Gasteiger partial charge >= 0.3 is 0 Å². The molecule has 134 valence electrons. The molecule has 1 aliphatic heterocycles. The fourth-order valence-corrected chi connectivity index (χ4v) is 3.35. The van der Waals surface area contributed by atoms with Crippen LogP contribution in [0.25, 0.3) is 0 Å². The first kappa shape index (κ1) is 18.4. The highest BCUT2D eigenvalue weighted by atomic mass is 16.2. The van der Waals surface area contributed by atoms with Gasteiger partial charge in [0.1, 0.15) is 0 Å². The van der Waals surface area contributed by atoms with E-state index in [-0.39, 0.29) is 0 Å². The minimum absolute atomic E-state index is 0.312. The van der Waals surface area contributed by atoms with Crippen LogP contribution >= 0.6 is 0 Å². The van der Waals surface area contributed by atoms with Gasteiger partial charge in [-0.2, -0.15) is 0 Å². The number of amides is 1. The third-order valence-electron chi connectivity index (χ3n) is 4.81. The maximum absolute atomic E-state index is 11.9. The Labute approximate surface area is 145 Å². The summed E-state index contributed by atoms with van der Waals surface area (Å²) in [6.07, 6.45) is 5.73. The van der Waals surface area contributed by atoms with Crippen LogP contribution in [0.2, 0.25) is 0 Å². The number of hydrogen-bond acceptors (Lipinski definition) is 2. The number of aliphatic imine (C=N–C) groups is 1. The molecule has 24 heavy (non-hydrogen) atoms. The smallest absolute Gasteiger partial charge is 0.222 e. The first-order valence-electron chi connectivity index (χ1n) is 8.88. The predicted octanol–water partition coefficient (Wildman–Crippen LogP) is 1.82. The van der Waals surface area contributed by atoms with Gasteiger partial charge in [0.05, 0.1) is 6.54 Å². The Balaban J connectivity index is 1.82. The molecule has 1 aromatic heterocycles. The van der Waals surface area contributed by atoms with Crippen LogP contribution in [0.15, 0.2) is 23.3 Å². The van der Waals surface area contributed by atoms with E-state index in [1.807, 2.05) is 14.1 Å². The molecule has 1 N–H and O–H groups in total. The summed E-state index contributed by atoms with van der Waals surface area (Å²) >= 11 is 0. The van der Waals surface area contributed by atoms with Crippen molar-refractivity contribution in [2.45, 2.75) is 45.2 Å². The van der Waals surface area contributed by atoms with Crippen molar-refractivity contribution in [3.05, 3.63) is 24.0 Å². The molecule has 1 atom stereocenters. The summed E-state index contributed by atoms with van der Waals surface area (Å²) in [5.74, 6) is 1.20. The molecule has 1 aliphatic rings. The molecule has 0 aliphatic carbocycles. The number of aryl methyl sites for hydroxylation is 1. The van der Waals surface area contributed by atoms with Gasteiger partial charge < -0.3 is 19.7 Å². The van der Waals surface area contributed by atoms with E-state index in [9.17, 15) is 4.79 Å². The lowest BCUT2D eigenvalue weighted by atomic mass is 10.1. The molecular formula is C18H31N5O. The topological polar surface area (TPSA) is 52.9 Å². The predicted molar refractivity (Wildman–Crippen MR) is 97.9 cm³/mol. The Hall–Kier alpha value is -1.98. The maximum atomic E-state index is 11.9. The lowest BCUT2D eigenvalue weighted by molar-refractivity contribution is -0.129. The van der Waals surface area contributed by atoms with Gasteiger partial charge in [-0.3, -0.25) is 9.79 Å². The van der Waals surface area contributed by atoms with Gasteiger partial charge in [0.2, 0.25) is 5.91 Å². The van der Waals surface area contributed by atoms with E-state index in [0.29, 0.717) is 18.4 Å². The quantitative estimate of drug-likeness (QED) is 0.612. The normalized spacial score (nSPS) is 16.6. The third-order valence-corrected chi connectivity index (χ3v) is 4.81. The van der Waals surface area contributed by atoms with Crippen LogP contribution in [0.5, 0.6) is 0 Å². The highest BCUT2D eigenvalue weighted by Gasteiger charge is 2.26. The summed E-state index contributed by atoms with van der Waals surface area (Å²) < 4.78 is 2.12. The molecule has 1 aromatic rings. The summed E-state index contributed by atoms with van der Waals surface area (Å²) in [5, 5.41) is 3.43. The molecule has 0 spiro atoms. The van der Waals surface area contributed by atoms with E-state index in [0.717, 1.165) is 44.9 Å². The number of guanidine groups is 1. The number of hydrogen-bond donors (Lipinski definition) is 1. The zero-order valence-corrected chi connectivity index (χ0v) is 15.5. The molecule has 0 saturated carbocycles. The molecule has 6 nitrogen and oxygen atoms in total. The second-order valence-corrected chi connectivity index (χ2v) is 6.48. The van der Waals surface area contributed by atoms with E-state index < -0.39 is 0 Å². The minimum Gasteiger partial charge on any atom is -0.356 e. The number of carbonyl (C=O) groups is 1. The van der Waals surface area contributed by atoms with Crippen molar-refractivity contribution < 1.29 is 4.79 Å². The van der Waals surface area contributed by atoms with Crippen LogP contribution in [0.4, 0.5) is 0 Å². The van der Waals surface area contributed by atoms with Gasteiger partial charge in [-0.25, -0.2) is 0 Å². The van der Waals surface area contributed by atoms with E-state index in [4.69, 9.17) is 0 Å². The van der Waals surface area contributed by atoms with Gasteiger partial charge in [0, 0.05) is 58.6 Å². The van der Waals surface area contributed by atoms with Gasteiger partial charge in [-0.05, 0) is 31.4 Å². The molecular weight excluding hydrogens is 302 g/mol. The number of nitrogens with zero attached hydrogens (tertiary/aromatic N) is 4. The van der Waals surface area contributed by atoms with Gasteiger partial charge in [0.15, 0.2) is 5.96 Å². The second-order valence-electron chi connectivity index (χ2n) is 6.48. The number of nitrogens with one attached hydrogen (secondary N) is 1. The summed E-state index contributed by atoms with van der Waals surface area (Å²) in [7, 11) is 5.91. The van der Waals surface area contributed by atoms with Gasteiger partial charge in [-0.15, -0.1) is 0 Å². The van der Waals surface area contributed by atoms with Crippen LogP contribution in [-0.4, -0.2) is 59.5 Å². The summed E-state index contributed by atoms with van der Waals surface area (Å²) in [4.78, 5) is 20.5. The largest absolute Gasteiger partial charge is 0.356 e. The summed E-state index contributed by atoms with van der Waals surface area (Å²) in [6.45, 7) is 4.71. The Kier molecular flexibility index (Phi) is 6.70. The molecule has 1 unspecified atom stereocenters. The van der Waals surface area contributed by atoms with Crippen LogP contribution in [0.1, 0.15) is 38.3 Å². The minimum atomic E-state index is 0.312. The summed E-state index contributed by atoms with van der Waals surface area (Å²) in [5.41, 5.74) is 1.24. The second kappa shape index (κ2) is 8.76. The van der Waals surface area contributed by atoms with Crippen molar-refractivity contribution in [1.82, 2.24) is 19.7 Å². The van der Waals surface area contributed by atoms with Crippen molar-refractivity contribution >= 4 is 11.9 Å². The average Bonchev–Trinajstić information content (AvgIpc) is 3.17. The standard InChI is InChI=1S/C18H31N5O/c1-5-15(23-13-7-9-17(23)24)10-11-20-18(19-2)22(4)14-16-8-6-12-21(16)3/h6,8,12,15H,5,7,9-11,13-14H2,1-4H3,(H,19,20). The van der Waals surface area contributed by atoms with Crippen molar-refractivity contribution in [1.29, 1.82) is 0 Å². The van der Waals surface area contributed by atoms with E-state index in [1.54, 1.807) is 0 Å². The lowest BCUT2D eigenvalue weighted by Crippen LogP contribution is -2.42. The first-order valence-corrected chi connectivity index (χ1v) is 8.88. The zero-order chi connectivity index (χ0) is 17.5. The van der Waals surface area contributed by atoms with Crippen LogP contribution in [0, 0.1) is 0 Å². The van der Waals surface area contributed by atoms with Crippen molar-refractivity contribution in [3.8, 4) is 0 Å². The molecule has 1 saturated heterocycles. The molecule has 2 heterocycles. The molecule has 0 radical (unpaired) electrons. The summed E-state index contributed by atoms with van der Waals surface area (Å²) in [6, 6.07) is 4.51. The van der Waals surface area contributed by atoms with Crippen LogP contribution in [-0.2, 0) is 18.4 Å². The lowest BCUT2D eigenvalue weighted by Gasteiger charge is -2.28. The number of aromatic nitrogens is 1. The molecule has 0 bridgehead atoms. The molecule has 1 fully saturated rings. The number of likely N-dealkylation sites (tertiary alicyclic amines) is 1. The number of rotatable bonds is 7. The zero-order valence-electron chi connectivity index (χ0n) is 15.5. The number of carbonyl (C=O) groups excluding carboxylic acids is 1. The highest BCUT2D eigenvalue weighted by molar-refractivity contribution is 5.79. The first-order chi connectivity index (χ1) is 11.6. The Bertz CT molecular complexity index is 566. The maximum Gasteiger partial charge on any atom is 0.222 e. The van der Waals surface area contributed by atoms with Gasteiger partial charge in [-0.1, -0.05) is 6.92 Å². The Morgan fingerprint density at radius 3 is 2.83 bits per heavy atom. The fourth-order valence-electron chi connectivity index (χ4n) is 3.35.